The van der Waals surface area contributed by atoms with E-state index in [1.165, 1.54) is 24.3 Å². The Kier molecular flexibility index (Phi) is 5.14. The molecule has 0 unspecified atom stereocenters. The van der Waals surface area contributed by atoms with Crippen LogP contribution in [0.1, 0.15) is 11.1 Å². The first-order valence-corrected chi connectivity index (χ1v) is 7.41. The summed E-state index contributed by atoms with van der Waals surface area (Å²) in [6, 6.07) is 8.62. The van der Waals surface area contributed by atoms with Crippen LogP contribution in [-0.4, -0.2) is 4.92 Å². The van der Waals surface area contributed by atoms with Crippen molar-refractivity contribution in [2.45, 2.75) is 11.9 Å². The fourth-order valence-corrected chi connectivity index (χ4v) is 2.26. The number of nitro benzene ring substituents is 1. The van der Waals surface area contributed by atoms with Crippen LogP contribution in [0.4, 0.5) is 10.1 Å². The summed E-state index contributed by atoms with van der Waals surface area (Å²) in [7, 11) is 0. The first-order valence-electron chi connectivity index (χ1n) is 5.91. The van der Waals surface area contributed by atoms with Crippen LogP contribution in [0.15, 0.2) is 36.4 Å². The normalized spacial score (nSPS) is 10.4. The SMILES string of the molecule is O=[N+]([O-])c1ccc(CBr)cc1OCc1cc(Cl)ccc1F. The van der Waals surface area contributed by atoms with Gasteiger partial charge in [-0.3, -0.25) is 10.1 Å². The Morgan fingerprint density at radius 3 is 2.71 bits per heavy atom. The standard InChI is InChI=1S/C14H10BrClFNO3/c15-7-9-1-4-13(18(19)20)14(5-9)21-8-10-6-11(16)2-3-12(10)17/h1-6H,7-8H2. The van der Waals surface area contributed by atoms with Gasteiger partial charge in [0.25, 0.3) is 0 Å². The molecule has 0 bridgehead atoms. The van der Waals surface area contributed by atoms with Crippen molar-refractivity contribution >= 4 is 33.2 Å². The maximum atomic E-state index is 13.6. The Bertz CT molecular complexity index is 681. The number of nitrogens with zero attached hydrogens (tertiary/aromatic N) is 1. The first-order chi connectivity index (χ1) is 10.0. The molecule has 0 heterocycles. The highest BCUT2D eigenvalue weighted by atomic mass is 79.9. The molecular formula is C14H10BrClFNO3. The molecule has 2 aromatic rings. The Hall–Kier alpha value is -1.66. The van der Waals surface area contributed by atoms with E-state index in [4.69, 9.17) is 16.3 Å². The molecule has 0 aliphatic rings. The number of nitro groups is 1. The molecule has 0 spiro atoms. The van der Waals surface area contributed by atoms with E-state index in [-0.39, 0.29) is 23.6 Å². The second-order valence-corrected chi connectivity index (χ2v) is 5.21. The van der Waals surface area contributed by atoms with Crippen molar-refractivity contribution < 1.29 is 14.1 Å². The zero-order valence-corrected chi connectivity index (χ0v) is 13.0. The Morgan fingerprint density at radius 2 is 2.05 bits per heavy atom. The number of ether oxygens (including phenoxy) is 1. The molecule has 0 aromatic heterocycles. The summed E-state index contributed by atoms with van der Waals surface area (Å²) in [6.45, 7) is -0.140. The molecule has 0 N–H and O–H groups in total. The number of benzene rings is 2. The molecule has 2 aromatic carbocycles. The van der Waals surface area contributed by atoms with E-state index in [1.54, 1.807) is 12.1 Å². The third kappa shape index (κ3) is 3.92. The lowest BCUT2D eigenvalue weighted by molar-refractivity contribution is -0.386. The number of rotatable bonds is 5. The highest BCUT2D eigenvalue weighted by molar-refractivity contribution is 9.08. The highest BCUT2D eigenvalue weighted by Gasteiger charge is 2.16. The molecule has 110 valence electrons. The van der Waals surface area contributed by atoms with Crippen molar-refractivity contribution in [2.24, 2.45) is 0 Å². The smallest absolute Gasteiger partial charge is 0.310 e. The maximum absolute atomic E-state index is 13.6. The minimum Gasteiger partial charge on any atom is -0.482 e. The van der Waals surface area contributed by atoms with Crippen LogP contribution in [0, 0.1) is 15.9 Å². The summed E-state index contributed by atoms with van der Waals surface area (Å²) in [6.07, 6.45) is 0. The van der Waals surface area contributed by atoms with Crippen LogP contribution in [0.3, 0.4) is 0 Å². The molecule has 2 rings (SSSR count). The van der Waals surface area contributed by atoms with Gasteiger partial charge < -0.3 is 4.74 Å². The lowest BCUT2D eigenvalue weighted by atomic mass is 10.2. The molecule has 21 heavy (non-hydrogen) atoms. The van der Waals surface area contributed by atoms with E-state index in [0.717, 1.165) is 5.56 Å². The number of alkyl halides is 1. The summed E-state index contributed by atoms with van der Waals surface area (Å²) < 4.78 is 19.0. The van der Waals surface area contributed by atoms with E-state index >= 15 is 0 Å². The minimum absolute atomic E-state index is 0.0938. The molecule has 0 atom stereocenters. The quantitative estimate of drug-likeness (QED) is 0.426. The molecular weight excluding hydrogens is 365 g/mol. The molecule has 4 nitrogen and oxygen atoms in total. The van der Waals surface area contributed by atoms with Crippen LogP contribution >= 0.6 is 27.5 Å². The average Bonchev–Trinajstić information content (AvgIpc) is 2.47. The molecule has 0 aliphatic carbocycles. The highest BCUT2D eigenvalue weighted by Crippen LogP contribution is 2.30. The Labute approximate surface area is 133 Å². The van der Waals surface area contributed by atoms with Gasteiger partial charge in [-0.15, -0.1) is 0 Å². The van der Waals surface area contributed by atoms with Crippen LogP contribution in [0.2, 0.25) is 5.02 Å². The molecule has 0 fully saturated rings. The molecule has 7 heteroatoms. The minimum atomic E-state index is -0.540. The first kappa shape index (κ1) is 15.7. The van der Waals surface area contributed by atoms with Crippen LogP contribution in [0.5, 0.6) is 5.75 Å². The van der Waals surface area contributed by atoms with Crippen LogP contribution in [0.25, 0.3) is 0 Å². The topological polar surface area (TPSA) is 52.4 Å². The van der Waals surface area contributed by atoms with Gasteiger partial charge in [-0.25, -0.2) is 4.39 Å². The number of hydrogen-bond acceptors (Lipinski definition) is 3. The summed E-state index contributed by atoms with van der Waals surface area (Å²) in [4.78, 5) is 10.4. The van der Waals surface area contributed by atoms with Gasteiger partial charge in [0.05, 0.1) is 4.92 Å². The van der Waals surface area contributed by atoms with Crippen molar-refractivity contribution in [1.29, 1.82) is 0 Å². The molecule has 0 amide bonds. The monoisotopic (exact) mass is 373 g/mol. The van der Waals surface area contributed by atoms with Gasteiger partial charge in [0.1, 0.15) is 12.4 Å². The lowest BCUT2D eigenvalue weighted by Crippen LogP contribution is -2.01. The van der Waals surface area contributed by atoms with Crippen molar-refractivity contribution in [2.75, 3.05) is 0 Å². The summed E-state index contributed by atoms with van der Waals surface area (Å²) in [5, 5.41) is 11.9. The van der Waals surface area contributed by atoms with E-state index in [2.05, 4.69) is 15.9 Å². The number of halogens is 3. The molecule has 0 radical (unpaired) electrons. The van der Waals surface area contributed by atoms with Crippen molar-refractivity contribution in [3.8, 4) is 5.75 Å². The maximum Gasteiger partial charge on any atom is 0.310 e. The average molecular weight is 375 g/mol. The third-order valence-electron chi connectivity index (χ3n) is 2.77. The molecule has 0 saturated heterocycles. The van der Waals surface area contributed by atoms with Gasteiger partial charge in [0.15, 0.2) is 5.75 Å². The zero-order chi connectivity index (χ0) is 15.4. The zero-order valence-electron chi connectivity index (χ0n) is 10.7. The van der Waals surface area contributed by atoms with E-state index in [0.29, 0.717) is 10.4 Å². The second-order valence-electron chi connectivity index (χ2n) is 4.22. The largest absolute Gasteiger partial charge is 0.482 e. The Balaban J connectivity index is 2.26. The Morgan fingerprint density at radius 1 is 1.29 bits per heavy atom. The summed E-state index contributed by atoms with van der Waals surface area (Å²) in [5.41, 5.74) is 0.894. The van der Waals surface area contributed by atoms with E-state index < -0.39 is 10.7 Å². The lowest BCUT2D eigenvalue weighted by Gasteiger charge is -2.09. The summed E-state index contributed by atoms with van der Waals surface area (Å²) >= 11 is 9.06. The summed E-state index contributed by atoms with van der Waals surface area (Å²) in [5.74, 6) is -0.380. The van der Waals surface area contributed by atoms with Gasteiger partial charge in [-0.1, -0.05) is 33.6 Å². The van der Waals surface area contributed by atoms with Crippen molar-refractivity contribution in [3.05, 3.63) is 68.5 Å². The van der Waals surface area contributed by atoms with Gasteiger partial charge >= 0.3 is 5.69 Å². The van der Waals surface area contributed by atoms with Crippen molar-refractivity contribution in [1.82, 2.24) is 0 Å². The predicted octanol–water partition coefficient (Wildman–Crippen LogP) is 4.86. The predicted molar refractivity (Wildman–Crippen MR) is 81.5 cm³/mol. The molecule has 0 saturated carbocycles. The van der Waals surface area contributed by atoms with Crippen LogP contribution in [-0.2, 0) is 11.9 Å². The number of hydrogen-bond donors (Lipinski definition) is 0. The van der Waals surface area contributed by atoms with Gasteiger partial charge in [-0.2, -0.15) is 0 Å². The second kappa shape index (κ2) is 6.87. The van der Waals surface area contributed by atoms with Crippen LogP contribution < -0.4 is 4.74 Å². The van der Waals surface area contributed by atoms with E-state index in [1.807, 2.05) is 0 Å². The van der Waals surface area contributed by atoms with Gasteiger partial charge in [0.2, 0.25) is 0 Å². The fraction of sp³-hybridized carbons (Fsp3) is 0.143. The van der Waals surface area contributed by atoms with E-state index in [9.17, 15) is 14.5 Å². The third-order valence-corrected chi connectivity index (χ3v) is 3.65. The fourth-order valence-electron chi connectivity index (χ4n) is 1.72. The van der Waals surface area contributed by atoms with Crippen molar-refractivity contribution in [3.63, 3.8) is 0 Å². The molecule has 0 aliphatic heterocycles. The van der Waals surface area contributed by atoms with Gasteiger partial charge in [-0.05, 0) is 29.8 Å². The van der Waals surface area contributed by atoms with Gasteiger partial charge in [0, 0.05) is 22.0 Å².